The molecule has 0 bridgehead atoms. The summed E-state index contributed by atoms with van der Waals surface area (Å²) < 4.78 is 5.12. The highest BCUT2D eigenvalue weighted by Gasteiger charge is 2.35. The zero-order valence-electron chi connectivity index (χ0n) is 9.90. The van der Waals surface area contributed by atoms with Crippen molar-refractivity contribution < 1.29 is 9.53 Å². The van der Waals surface area contributed by atoms with Gasteiger partial charge in [-0.1, -0.05) is 30.3 Å². The molecule has 3 heteroatoms. The summed E-state index contributed by atoms with van der Waals surface area (Å²) >= 11 is 0. The van der Waals surface area contributed by atoms with Crippen molar-refractivity contribution in [2.24, 2.45) is 5.73 Å². The molecule has 1 aromatic carbocycles. The molecule has 3 nitrogen and oxygen atoms in total. The second-order valence-corrected chi connectivity index (χ2v) is 3.96. The molecule has 0 aliphatic carbocycles. The first-order chi connectivity index (χ1) is 7.65. The lowest BCUT2D eigenvalue weighted by atomic mass is 9.79. The molecule has 0 radical (unpaired) electrons. The fraction of sp³-hybridized carbons (Fsp3) is 0.462. The maximum atomic E-state index is 12.0. The van der Waals surface area contributed by atoms with E-state index in [0.717, 1.165) is 5.56 Å². The highest BCUT2D eigenvalue weighted by molar-refractivity contribution is 5.82. The topological polar surface area (TPSA) is 52.3 Å². The van der Waals surface area contributed by atoms with E-state index in [1.165, 1.54) is 0 Å². The van der Waals surface area contributed by atoms with Crippen molar-refractivity contribution in [3.8, 4) is 0 Å². The van der Waals surface area contributed by atoms with Crippen LogP contribution in [0, 0.1) is 0 Å². The van der Waals surface area contributed by atoms with Crippen molar-refractivity contribution >= 4 is 5.97 Å². The summed E-state index contributed by atoms with van der Waals surface area (Å²) in [6.07, 6.45) is 0.593. The van der Waals surface area contributed by atoms with Gasteiger partial charge in [-0.05, 0) is 32.4 Å². The van der Waals surface area contributed by atoms with E-state index in [4.69, 9.17) is 10.5 Å². The largest absolute Gasteiger partial charge is 0.465 e. The first-order valence-corrected chi connectivity index (χ1v) is 5.58. The molecule has 0 heterocycles. The summed E-state index contributed by atoms with van der Waals surface area (Å²) in [5, 5.41) is 0. The van der Waals surface area contributed by atoms with E-state index >= 15 is 0 Å². The van der Waals surface area contributed by atoms with Gasteiger partial charge in [-0.3, -0.25) is 4.79 Å². The lowest BCUT2D eigenvalue weighted by molar-refractivity contribution is -0.149. The Bertz CT molecular complexity index is 337. The van der Waals surface area contributed by atoms with Crippen molar-refractivity contribution in [2.45, 2.75) is 25.7 Å². The maximum Gasteiger partial charge on any atom is 0.316 e. The molecule has 0 spiro atoms. The van der Waals surface area contributed by atoms with Crippen LogP contribution < -0.4 is 5.73 Å². The zero-order valence-corrected chi connectivity index (χ0v) is 9.90. The van der Waals surface area contributed by atoms with Gasteiger partial charge >= 0.3 is 5.97 Å². The number of benzene rings is 1. The van der Waals surface area contributed by atoms with E-state index in [0.29, 0.717) is 19.6 Å². The quantitative estimate of drug-likeness (QED) is 0.772. The number of rotatable bonds is 5. The summed E-state index contributed by atoms with van der Waals surface area (Å²) in [5.74, 6) is -0.202. The van der Waals surface area contributed by atoms with Crippen LogP contribution in [0.25, 0.3) is 0 Å². The predicted octanol–water partition coefficient (Wildman–Crippen LogP) is 1.86. The van der Waals surface area contributed by atoms with Crippen molar-refractivity contribution in [1.82, 2.24) is 0 Å². The number of esters is 1. The Balaban J connectivity index is 3.01. The predicted molar refractivity (Wildman–Crippen MR) is 64.1 cm³/mol. The monoisotopic (exact) mass is 221 g/mol. The van der Waals surface area contributed by atoms with E-state index in [-0.39, 0.29) is 5.97 Å². The van der Waals surface area contributed by atoms with Gasteiger partial charge in [0.05, 0.1) is 12.0 Å². The van der Waals surface area contributed by atoms with Gasteiger partial charge in [-0.2, -0.15) is 0 Å². The van der Waals surface area contributed by atoms with Crippen LogP contribution >= 0.6 is 0 Å². The van der Waals surface area contributed by atoms with Gasteiger partial charge in [-0.25, -0.2) is 0 Å². The highest BCUT2D eigenvalue weighted by atomic mass is 16.5. The number of ether oxygens (including phenoxy) is 1. The molecule has 0 fully saturated rings. The van der Waals surface area contributed by atoms with Crippen LogP contribution in [0.15, 0.2) is 30.3 Å². The Morgan fingerprint density at radius 3 is 2.50 bits per heavy atom. The molecule has 0 aromatic heterocycles. The average Bonchev–Trinajstić information content (AvgIpc) is 2.30. The van der Waals surface area contributed by atoms with E-state index in [2.05, 4.69) is 0 Å². The zero-order chi connectivity index (χ0) is 12.0. The minimum atomic E-state index is -0.633. The molecule has 0 aliphatic rings. The molecule has 2 N–H and O–H groups in total. The van der Waals surface area contributed by atoms with Crippen molar-refractivity contribution in [3.05, 3.63) is 35.9 Å². The SMILES string of the molecule is CCOC(=O)C(C)(CCN)c1ccccc1. The van der Waals surface area contributed by atoms with Gasteiger partial charge in [0.1, 0.15) is 0 Å². The molecule has 1 unspecified atom stereocenters. The standard InChI is InChI=1S/C13H19NO2/c1-3-16-12(15)13(2,9-10-14)11-7-5-4-6-8-11/h4-8H,3,9-10,14H2,1-2H3. The molecule has 0 amide bonds. The molecule has 0 saturated carbocycles. The molecule has 16 heavy (non-hydrogen) atoms. The van der Waals surface area contributed by atoms with Crippen LogP contribution in [0.3, 0.4) is 0 Å². The molecule has 0 saturated heterocycles. The number of hydrogen-bond acceptors (Lipinski definition) is 3. The third-order valence-electron chi connectivity index (χ3n) is 2.78. The fourth-order valence-electron chi connectivity index (χ4n) is 1.75. The van der Waals surface area contributed by atoms with Crippen LogP contribution in [0.4, 0.5) is 0 Å². The lowest BCUT2D eigenvalue weighted by Gasteiger charge is -2.27. The second-order valence-electron chi connectivity index (χ2n) is 3.96. The Morgan fingerprint density at radius 2 is 2.00 bits per heavy atom. The van der Waals surface area contributed by atoms with Gasteiger partial charge in [0, 0.05) is 0 Å². The van der Waals surface area contributed by atoms with Gasteiger partial charge in [-0.15, -0.1) is 0 Å². The Kier molecular flexibility index (Phi) is 4.50. The first kappa shape index (κ1) is 12.7. The molecule has 88 valence electrons. The van der Waals surface area contributed by atoms with Crippen LogP contribution in [0.2, 0.25) is 0 Å². The number of carbonyl (C=O) groups is 1. The minimum Gasteiger partial charge on any atom is -0.465 e. The summed E-state index contributed by atoms with van der Waals surface area (Å²) in [4.78, 5) is 12.0. The van der Waals surface area contributed by atoms with Crippen molar-refractivity contribution in [2.75, 3.05) is 13.2 Å². The third-order valence-corrected chi connectivity index (χ3v) is 2.78. The molecule has 0 aliphatic heterocycles. The average molecular weight is 221 g/mol. The van der Waals surface area contributed by atoms with E-state index in [1.807, 2.05) is 44.2 Å². The summed E-state index contributed by atoms with van der Waals surface area (Å²) in [6, 6.07) is 9.64. The first-order valence-electron chi connectivity index (χ1n) is 5.58. The molecular weight excluding hydrogens is 202 g/mol. The van der Waals surface area contributed by atoms with Crippen LogP contribution in [-0.2, 0) is 14.9 Å². The Labute approximate surface area is 96.6 Å². The molecule has 1 aromatic rings. The smallest absolute Gasteiger partial charge is 0.316 e. The molecule has 1 rings (SSSR count). The van der Waals surface area contributed by atoms with E-state index in [9.17, 15) is 4.79 Å². The Hall–Kier alpha value is -1.35. The highest BCUT2D eigenvalue weighted by Crippen LogP contribution is 2.28. The summed E-state index contributed by atoms with van der Waals surface area (Å²) in [6.45, 7) is 4.55. The van der Waals surface area contributed by atoms with Crippen molar-refractivity contribution in [1.29, 1.82) is 0 Å². The second kappa shape index (κ2) is 5.66. The van der Waals surface area contributed by atoms with Gasteiger partial charge in [0.25, 0.3) is 0 Å². The molecule has 1 atom stereocenters. The van der Waals surface area contributed by atoms with Crippen LogP contribution in [-0.4, -0.2) is 19.1 Å². The van der Waals surface area contributed by atoms with Crippen LogP contribution in [0.5, 0.6) is 0 Å². The summed E-state index contributed by atoms with van der Waals surface area (Å²) in [5.41, 5.74) is 5.90. The van der Waals surface area contributed by atoms with E-state index in [1.54, 1.807) is 0 Å². The third kappa shape index (κ3) is 2.61. The number of carbonyl (C=O) groups excluding carboxylic acids is 1. The van der Waals surface area contributed by atoms with Crippen LogP contribution in [0.1, 0.15) is 25.8 Å². The van der Waals surface area contributed by atoms with Gasteiger partial charge in [0.15, 0.2) is 0 Å². The Morgan fingerprint density at radius 1 is 1.38 bits per heavy atom. The van der Waals surface area contributed by atoms with Crippen molar-refractivity contribution in [3.63, 3.8) is 0 Å². The summed E-state index contributed by atoms with van der Waals surface area (Å²) in [7, 11) is 0. The maximum absolute atomic E-state index is 12.0. The van der Waals surface area contributed by atoms with Gasteiger partial charge < -0.3 is 10.5 Å². The fourth-order valence-corrected chi connectivity index (χ4v) is 1.75. The van der Waals surface area contributed by atoms with Gasteiger partial charge in [0.2, 0.25) is 0 Å². The van der Waals surface area contributed by atoms with E-state index < -0.39 is 5.41 Å². The number of hydrogen-bond donors (Lipinski definition) is 1. The molecular formula is C13H19NO2. The minimum absolute atomic E-state index is 0.202. The lowest BCUT2D eigenvalue weighted by Crippen LogP contribution is -2.36. The normalized spacial score (nSPS) is 14.2. The number of nitrogens with two attached hydrogens (primary N) is 1.